The molecule has 1 aromatic rings. The van der Waals surface area contributed by atoms with Crippen molar-refractivity contribution in [3.8, 4) is 0 Å². The van der Waals surface area contributed by atoms with Crippen LogP contribution in [0.1, 0.15) is 38.6 Å². The van der Waals surface area contributed by atoms with Gasteiger partial charge in [-0.3, -0.25) is 4.68 Å². The molecule has 106 valence electrons. The molecule has 2 rings (SSSR count). The number of nitrogens with zero attached hydrogens (tertiary/aromatic N) is 3. The lowest BCUT2D eigenvalue weighted by molar-refractivity contribution is 0.0236. The van der Waals surface area contributed by atoms with E-state index in [1.54, 1.807) is 4.90 Å². The summed E-state index contributed by atoms with van der Waals surface area (Å²) >= 11 is 5.79. The molecule has 6 heteroatoms. The van der Waals surface area contributed by atoms with Crippen LogP contribution in [0.2, 0.25) is 0 Å². The molecular formula is C13H20ClN3O2. The van der Waals surface area contributed by atoms with Crippen molar-refractivity contribution in [2.24, 2.45) is 0 Å². The molecule has 1 aliphatic heterocycles. The van der Waals surface area contributed by atoms with Gasteiger partial charge < -0.3 is 9.64 Å². The highest BCUT2D eigenvalue weighted by Crippen LogP contribution is 2.17. The summed E-state index contributed by atoms with van der Waals surface area (Å²) in [6.07, 6.45) is 0.602. The Morgan fingerprint density at radius 1 is 1.47 bits per heavy atom. The van der Waals surface area contributed by atoms with E-state index in [1.165, 1.54) is 0 Å². The molecule has 0 unspecified atom stereocenters. The topological polar surface area (TPSA) is 47.4 Å². The fourth-order valence-corrected chi connectivity index (χ4v) is 2.20. The first kappa shape index (κ1) is 14.2. The van der Waals surface area contributed by atoms with Gasteiger partial charge in [-0.25, -0.2) is 4.79 Å². The number of fused-ring (bicyclic) bond motifs is 1. The number of carbonyl (C=O) groups excluding carboxylic acids is 1. The van der Waals surface area contributed by atoms with Gasteiger partial charge in [-0.2, -0.15) is 5.10 Å². The Kier molecular flexibility index (Phi) is 4.04. The number of alkyl halides is 1. The number of rotatable bonds is 1. The fraction of sp³-hybridized carbons (Fsp3) is 0.692. The molecule has 0 spiro atoms. The normalized spacial score (nSPS) is 15.9. The zero-order valence-corrected chi connectivity index (χ0v) is 12.4. The van der Waals surface area contributed by atoms with Crippen molar-refractivity contribution in [3.63, 3.8) is 0 Å². The lowest BCUT2D eigenvalue weighted by Gasteiger charge is -2.26. The predicted octanol–water partition coefficient (Wildman–Crippen LogP) is 2.76. The number of halogens is 1. The molecule has 0 saturated carbocycles. The van der Waals surface area contributed by atoms with Crippen LogP contribution in [0.5, 0.6) is 0 Å². The minimum absolute atomic E-state index is 0.269. The molecule has 0 bridgehead atoms. The van der Waals surface area contributed by atoms with E-state index in [-0.39, 0.29) is 6.09 Å². The Balaban J connectivity index is 2.10. The first-order chi connectivity index (χ1) is 8.89. The first-order valence-corrected chi connectivity index (χ1v) is 7.02. The third-order valence-corrected chi connectivity index (χ3v) is 3.13. The quantitative estimate of drug-likeness (QED) is 0.746. The summed E-state index contributed by atoms with van der Waals surface area (Å²) in [5.41, 5.74) is 1.40. The monoisotopic (exact) mass is 285 g/mol. The highest BCUT2D eigenvalue weighted by Gasteiger charge is 2.25. The van der Waals surface area contributed by atoms with Crippen molar-refractivity contribution in [2.75, 3.05) is 6.54 Å². The van der Waals surface area contributed by atoms with Gasteiger partial charge >= 0.3 is 6.09 Å². The van der Waals surface area contributed by atoms with E-state index in [9.17, 15) is 4.79 Å². The first-order valence-electron chi connectivity index (χ1n) is 6.48. The van der Waals surface area contributed by atoms with Gasteiger partial charge in [0.1, 0.15) is 5.60 Å². The second-order valence-electron chi connectivity index (χ2n) is 5.74. The summed E-state index contributed by atoms with van der Waals surface area (Å²) in [4.78, 5) is 13.8. The molecule has 2 heterocycles. The smallest absolute Gasteiger partial charge is 0.410 e. The van der Waals surface area contributed by atoms with Crippen LogP contribution in [0.3, 0.4) is 0 Å². The fourth-order valence-electron chi connectivity index (χ4n) is 2.07. The van der Waals surface area contributed by atoms with Crippen LogP contribution in [0.25, 0.3) is 0 Å². The van der Waals surface area contributed by atoms with Crippen LogP contribution in [0, 0.1) is 0 Å². The Hall–Kier alpha value is -1.23. The summed E-state index contributed by atoms with van der Waals surface area (Å²) < 4.78 is 7.34. The SMILES string of the molecule is CC(C)(C)OC(=O)N1CCCn2nc(CCl)cc2C1. The summed E-state index contributed by atoms with van der Waals surface area (Å²) in [6, 6.07) is 1.95. The van der Waals surface area contributed by atoms with Gasteiger partial charge in [-0.15, -0.1) is 11.6 Å². The van der Waals surface area contributed by atoms with Crippen LogP contribution < -0.4 is 0 Å². The summed E-state index contributed by atoms with van der Waals surface area (Å²) in [5.74, 6) is 0.395. The van der Waals surface area contributed by atoms with Crippen LogP contribution in [0.4, 0.5) is 4.79 Å². The van der Waals surface area contributed by atoms with Gasteiger partial charge in [-0.1, -0.05) is 0 Å². The van der Waals surface area contributed by atoms with Gasteiger partial charge in [0.2, 0.25) is 0 Å². The molecule has 0 atom stereocenters. The average Bonchev–Trinajstić information content (AvgIpc) is 2.58. The molecule has 5 nitrogen and oxygen atoms in total. The van der Waals surface area contributed by atoms with Crippen LogP contribution >= 0.6 is 11.6 Å². The molecule has 19 heavy (non-hydrogen) atoms. The van der Waals surface area contributed by atoms with Gasteiger partial charge in [0.25, 0.3) is 0 Å². The van der Waals surface area contributed by atoms with E-state index < -0.39 is 5.60 Å². The van der Waals surface area contributed by atoms with E-state index in [1.807, 2.05) is 31.5 Å². The second kappa shape index (κ2) is 5.41. The van der Waals surface area contributed by atoms with Crippen molar-refractivity contribution in [1.82, 2.24) is 14.7 Å². The Morgan fingerprint density at radius 2 is 2.21 bits per heavy atom. The minimum atomic E-state index is -0.467. The van der Waals surface area contributed by atoms with E-state index >= 15 is 0 Å². The van der Waals surface area contributed by atoms with Gasteiger partial charge in [0.05, 0.1) is 23.8 Å². The number of carbonyl (C=O) groups is 1. The molecule has 0 radical (unpaired) electrons. The highest BCUT2D eigenvalue weighted by atomic mass is 35.5. The summed E-state index contributed by atoms with van der Waals surface area (Å²) in [6.45, 7) is 7.65. The van der Waals surface area contributed by atoms with Gasteiger partial charge in [-0.05, 0) is 33.3 Å². The van der Waals surface area contributed by atoms with Gasteiger partial charge in [0, 0.05) is 13.1 Å². The van der Waals surface area contributed by atoms with Crippen molar-refractivity contribution in [3.05, 3.63) is 17.5 Å². The number of amides is 1. The van der Waals surface area contributed by atoms with Crippen LogP contribution in [0.15, 0.2) is 6.07 Å². The minimum Gasteiger partial charge on any atom is -0.444 e. The average molecular weight is 286 g/mol. The van der Waals surface area contributed by atoms with Crippen molar-refractivity contribution >= 4 is 17.7 Å². The van der Waals surface area contributed by atoms with Crippen molar-refractivity contribution in [2.45, 2.75) is 51.8 Å². The molecule has 1 aromatic heterocycles. The Labute approximate surface area is 118 Å². The van der Waals surface area contributed by atoms with Crippen LogP contribution in [-0.4, -0.2) is 32.9 Å². The maximum atomic E-state index is 12.1. The van der Waals surface area contributed by atoms with Gasteiger partial charge in [0.15, 0.2) is 0 Å². The van der Waals surface area contributed by atoms with E-state index in [0.29, 0.717) is 19.0 Å². The summed E-state index contributed by atoms with van der Waals surface area (Å²) in [5, 5.41) is 4.40. The zero-order valence-electron chi connectivity index (χ0n) is 11.6. The number of aromatic nitrogens is 2. The third-order valence-electron chi connectivity index (χ3n) is 2.85. The number of hydrogen-bond acceptors (Lipinski definition) is 3. The Morgan fingerprint density at radius 3 is 2.84 bits per heavy atom. The molecule has 1 aliphatic rings. The molecule has 0 aromatic carbocycles. The largest absolute Gasteiger partial charge is 0.444 e. The molecular weight excluding hydrogens is 266 g/mol. The Bertz CT molecular complexity index is 465. The molecule has 0 aliphatic carbocycles. The number of aryl methyl sites for hydroxylation is 1. The van der Waals surface area contributed by atoms with Crippen LogP contribution in [-0.2, 0) is 23.7 Å². The number of ether oxygens (including phenoxy) is 1. The summed E-state index contributed by atoms with van der Waals surface area (Å²) in [7, 11) is 0. The maximum Gasteiger partial charge on any atom is 0.410 e. The molecule has 1 amide bonds. The third kappa shape index (κ3) is 3.62. The predicted molar refractivity (Wildman–Crippen MR) is 73.0 cm³/mol. The molecule has 0 N–H and O–H groups in total. The van der Waals surface area contributed by atoms with E-state index in [4.69, 9.17) is 16.3 Å². The zero-order chi connectivity index (χ0) is 14.0. The number of hydrogen-bond donors (Lipinski definition) is 0. The van der Waals surface area contributed by atoms with Crippen molar-refractivity contribution < 1.29 is 9.53 Å². The van der Waals surface area contributed by atoms with Crippen molar-refractivity contribution in [1.29, 1.82) is 0 Å². The lowest BCUT2D eigenvalue weighted by atomic mass is 10.2. The van der Waals surface area contributed by atoms with E-state index in [2.05, 4.69) is 5.10 Å². The highest BCUT2D eigenvalue weighted by molar-refractivity contribution is 6.16. The molecule has 0 fully saturated rings. The van der Waals surface area contributed by atoms with E-state index in [0.717, 1.165) is 24.4 Å². The maximum absolute atomic E-state index is 12.1. The lowest BCUT2D eigenvalue weighted by Crippen LogP contribution is -2.36. The standard InChI is InChI=1S/C13H20ClN3O2/c1-13(2,3)19-12(18)16-5-4-6-17-11(9-16)7-10(8-14)15-17/h7H,4-6,8-9H2,1-3H3. The second-order valence-corrected chi connectivity index (χ2v) is 6.01. The molecule has 0 saturated heterocycles.